The molecule has 2 N–H and O–H groups in total. The molecule has 0 radical (unpaired) electrons. The molecule has 0 saturated carbocycles. The minimum absolute atomic E-state index is 0.342. The van der Waals surface area contributed by atoms with E-state index in [0.29, 0.717) is 29.7 Å². The van der Waals surface area contributed by atoms with E-state index in [0.717, 1.165) is 47.8 Å². The molecule has 0 saturated heterocycles. The molecule has 0 unspecified atom stereocenters. The first-order valence-electron chi connectivity index (χ1n) is 11.3. The lowest BCUT2D eigenvalue weighted by atomic mass is 9.97. The second kappa shape index (κ2) is 10.6. The summed E-state index contributed by atoms with van der Waals surface area (Å²) in [5.41, 5.74) is 4.20. The fraction of sp³-hybridized carbons (Fsp3) is 0.292. The molecule has 0 amide bonds. The number of benzene rings is 2. The zero-order chi connectivity index (χ0) is 24.8. The second-order valence-corrected chi connectivity index (χ2v) is 10.1. The Hall–Kier alpha value is -3.86. The molecule has 2 aromatic carbocycles. The molecule has 0 bridgehead atoms. The number of aromatic nitrogens is 6. The number of aryl methyl sites for hydroxylation is 1. The minimum Gasteiger partial charge on any atom is -0.353 e. The maximum Gasteiger partial charge on any atom is 0.229 e. The Kier molecular flexibility index (Phi) is 7.35. The fourth-order valence-corrected chi connectivity index (χ4v) is 4.34. The van der Waals surface area contributed by atoms with Gasteiger partial charge in [-0.1, -0.05) is 55.8 Å². The number of nitrogens with one attached hydrogen (secondary N) is 2. The molecule has 4 rings (SSSR count). The van der Waals surface area contributed by atoms with Gasteiger partial charge in [0.15, 0.2) is 5.82 Å². The molecule has 2 heterocycles. The van der Waals surface area contributed by atoms with Crippen molar-refractivity contribution < 1.29 is 8.42 Å². The van der Waals surface area contributed by atoms with E-state index in [1.54, 1.807) is 0 Å². The molecule has 0 fully saturated rings. The summed E-state index contributed by atoms with van der Waals surface area (Å²) >= 11 is 0. The number of hydrogen-bond donors (Lipinski definition) is 2. The van der Waals surface area contributed by atoms with Crippen molar-refractivity contribution in [1.29, 1.82) is 0 Å². The first-order valence-corrected chi connectivity index (χ1v) is 13.2. The highest BCUT2D eigenvalue weighted by Gasteiger charge is 2.17. The first kappa shape index (κ1) is 24.3. The van der Waals surface area contributed by atoms with Crippen LogP contribution in [0.2, 0.25) is 0 Å². The maximum atomic E-state index is 11.9. The third-order valence-electron chi connectivity index (χ3n) is 5.40. The summed E-state index contributed by atoms with van der Waals surface area (Å²) in [6, 6.07) is 16.1. The van der Waals surface area contributed by atoms with Gasteiger partial charge in [-0.3, -0.25) is 4.72 Å². The molecule has 2 aromatic heterocycles. The smallest absolute Gasteiger partial charge is 0.229 e. The van der Waals surface area contributed by atoms with Crippen molar-refractivity contribution in [3.8, 4) is 22.5 Å². The lowest BCUT2D eigenvalue weighted by Crippen LogP contribution is -2.22. The Morgan fingerprint density at radius 2 is 1.89 bits per heavy atom. The van der Waals surface area contributed by atoms with Gasteiger partial charge in [0.1, 0.15) is 11.5 Å². The number of anilines is 2. The fourth-order valence-electron chi connectivity index (χ4n) is 3.80. The van der Waals surface area contributed by atoms with Crippen molar-refractivity contribution >= 4 is 21.5 Å². The van der Waals surface area contributed by atoms with Gasteiger partial charge in [-0.2, -0.15) is 5.21 Å². The number of H-pyrrole nitrogens is 1. The standard InChI is InChI=1S/C24H28N8O2S/c1-4-5-11-22-25-15-21(29-35(3,33)34)24(26-22)32(2)16-17-12-13-19(18-9-7-6-8-10-18)20(14-17)23-27-30-31-28-23/h6-10,12-15,29H,4-5,11,16H2,1-3H3,(H,27,28,30,31). The predicted molar refractivity (Wildman–Crippen MR) is 136 cm³/mol. The molecular formula is C24H28N8O2S. The number of hydrogen-bond acceptors (Lipinski definition) is 8. The van der Waals surface area contributed by atoms with Crippen LogP contribution in [0, 0.1) is 0 Å². The van der Waals surface area contributed by atoms with Crippen LogP contribution < -0.4 is 9.62 Å². The molecule has 11 heteroatoms. The van der Waals surface area contributed by atoms with Crippen LogP contribution in [0.15, 0.2) is 54.7 Å². The summed E-state index contributed by atoms with van der Waals surface area (Å²) in [4.78, 5) is 10.9. The van der Waals surface area contributed by atoms with Gasteiger partial charge in [-0.25, -0.2) is 18.4 Å². The third-order valence-corrected chi connectivity index (χ3v) is 5.99. The zero-order valence-corrected chi connectivity index (χ0v) is 20.7. The highest BCUT2D eigenvalue weighted by Crippen LogP contribution is 2.32. The lowest BCUT2D eigenvalue weighted by molar-refractivity contribution is 0.606. The molecule has 4 aromatic rings. The molecular weight excluding hydrogens is 464 g/mol. The number of sulfonamides is 1. The van der Waals surface area contributed by atoms with Crippen molar-refractivity contribution in [3.05, 3.63) is 66.1 Å². The Morgan fingerprint density at radius 3 is 2.57 bits per heavy atom. The first-order chi connectivity index (χ1) is 16.8. The van der Waals surface area contributed by atoms with Crippen LogP contribution in [-0.4, -0.2) is 52.3 Å². The molecule has 182 valence electrons. The van der Waals surface area contributed by atoms with E-state index in [-0.39, 0.29) is 0 Å². The summed E-state index contributed by atoms with van der Waals surface area (Å²) in [5, 5.41) is 14.6. The Labute approximate surface area is 204 Å². The van der Waals surface area contributed by atoms with Gasteiger partial charge in [-0.05, 0) is 34.4 Å². The normalized spacial score (nSPS) is 11.4. The summed E-state index contributed by atoms with van der Waals surface area (Å²) < 4.78 is 26.4. The Balaban J connectivity index is 1.69. The van der Waals surface area contributed by atoms with Gasteiger partial charge < -0.3 is 4.90 Å². The highest BCUT2D eigenvalue weighted by atomic mass is 32.2. The predicted octanol–water partition coefficient (Wildman–Crippen LogP) is 3.67. The third kappa shape index (κ3) is 6.18. The van der Waals surface area contributed by atoms with Crippen LogP contribution in [-0.2, 0) is 23.0 Å². The Morgan fingerprint density at radius 1 is 1.09 bits per heavy atom. The summed E-state index contributed by atoms with van der Waals surface area (Å²) in [7, 11) is -1.62. The van der Waals surface area contributed by atoms with Gasteiger partial charge in [0.2, 0.25) is 15.8 Å². The number of nitrogens with zero attached hydrogens (tertiary/aromatic N) is 6. The highest BCUT2D eigenvalue weighted by molar-refractivity contribution is 7.92. The van der Waals surface area contributed by atoms with Crippen LogP contribution in [0.1, 0.15) is 31.2 Å². The van der Waals surface area contributed by atoms with E-state index in [1.807, 2.05) is 60.5 Å². The second-order valence-electron chi connectivity index (χ2n) is 8.34. The number of rotatable bonds is 10. The number of unbranched alkanes of at least 4 members (excludes halogenated alkanes) is 1. The summed E-state index contributed by atoms with van der Waals surface area (Å²) in [5.74, 6) is 1.70. The quantitative estimate of drug-likeness (QED) is 0.343. The number of tetrazole rings is 1. The molecule has 10 nitrogen and oxygen atoms in total. The van der Waals surface area contributed by atoms with Crippen LogP contribution >= 0.6 is 0 Å². The largest absolute Gasteiger partial charge is 0.353 e. The van der Waals surface area contributed by atoms with Crippen LogP contribution in [0.5, 0.6) is 0 Å². The SMILES string of the molecule is CCCCc1ncc(NS(C)(=O)=O)c(N(C)Cc2ccc(-c3ccccc3)c(-c3nn[nH]n3)c2)n1. The van der Waals surface area contributed by atoms with Gasteiger partial charge in [0.05, 0.1) is 12.5 Å². The molecule has 0 aliphatic heterocycles. The molecule has 0 spiro atoms. The van der Waals surface area contributed by atoms with E-state index < -0.39 is 10.0 Å². The van der Waals surface area contributed by atoms with Crippen molar-refractivity contribution in [3.63, 3.8) is 0 Å². The molecule has 0 atom stereocenters. The van der Waals surface area contributed by atoms with Gasteiger partial charge in [-0.15, -0.1) is 10.2 Å². The van der Waals surface area contributed by atoms with E-state index >= 15 is 0 Å². The van der Waals surface area contributed by atoms with Crippen molar-refractivity contribution in [1.82, 2.24) is 30.6 Å². The van der Waals surface area contributed by atoms with E-state index in [1.165, 1.54) is 6.20 Å². The van der Waals surface area contributed by atoms with Gasteiger partial charge in [0.25, 0.3) is 0 Å². The minimum atomic E-state index is -3.49. The zero-order valence-electron chi connectivity index (χ0n) is 19.9. The van der Waals surface area contributed by atoms with Gasteiger partial charge in [0, 0.05) is 25.6 Å². The van der Waals surface area contributed by atoms with Crippen LogP contribution in [0.25, 0.3) is 22.5 Å². The topological polar surface area (TPSA) is 130 Å². The van der Waals surface area contributed by atoms with E-state index in [4.69, 9.17) is 0 Å². The monoisotopic (exact) mass is 492 g/mol. The molecule has 0 aliphatic rings. The molecule has 0 aliphatic carbocycles. The Bertz CT molecular complexity index is 1380. The summed E-state index contributed by atoms with van der Waals surface area (Å²) in [6.45, 7) is 2.58. The maximum absolute atomic E-state index is 11.9. The van der Waals surface area contributed by atoms with E-state index in [9.17, 15) is 8.42 Å². The van der Waals surface area contributed by atoms with Gasteiger partial charge >= 0.3 is 0 Å². The number of aromatic amines is 1. The summed E-state index contributed by atoms with van der Waals surface area (Å²) in [6.07, 6.45) is 5.35. The van der Waals surface area contributed by atoms with Crippen molar-refractivity contribution in [2.24, 2.45) is 0 Å². The van der Waals surface area contributed by atoms with Crippen molar-refractivity contribution in [2.45, 2.75) is 32.7 Å². The average molecular weight is 493 g/mol. The van der Waals surface area contributed by atoms with Crippen LogP contribution in [0.4, 0.5) is 11.5 Å². The van der Waals surface area contributed by atoms with E-state index in [2.05, 4.69) is 42.2 Å². The van der Waals surface area contributed by atoms with Crippen LogP contribution in [0.3, 0.4) is 0 Å². The average Bonchev–Trinajstić information content (AvgIpc) is 3.38. The lowest BCUT2D eigenvalue weighted by Gasteiger charge is -2.22. The molecule has 35 heavy (non-hydrogen) atoms. The van der Waals surface area contributed by atoms with Crippen molar-refractivity contribution in [2.75, 3.05) is 22.9 Å².